The first kappa shape index (κ1) is 11.7. The van der Waals surface area contributed by atoms with E-state index in [0.29, 0.717) is 6.04 Å². The van der Waals surface area contributed by atoms with E-state index in [1.165, 1.54) is 11.3 Å². The summed E-state index contributed by atoms with van der Waals surface area (Å²) in [6, 6.07) is 2.45. The number of aromatic nitrogens is 1. The maximum atomic E-state index is 6.27. The van der Waals surface area contributed by atoms with Gasteiger partial charge in [-0.2, -0.15) is 0 Å². The standard InChI is InChI=1S/C12H18ClN3/c1-8(2)16(3)12-10(13)6-9-7-14-5-4-11(9)15-12/h6,8,14H,4-5,7H2,1-3H3. The fraction of sp³-hybridized carbons (Fsp3) is 0.583. The molecule has 0 fully saturated rings. The van der Waals surface area contributed by atoms with Gasteiger partial charge >= 0.3 is 0 Å². The smallest absolute Gasteiger partial charge is 0.147 e. The average molecular weight is 240 g/mol. The molecule has 1 aliphatic heterocycles. The molecule has 0 spiro atoms. The van der Waals surface area contributed by atoms with E-state index in [1.807, 2.05) is 13.1 Å². The van der Waals surface area contributed by atoms with Gasteiger partial charge in [0.15, 0.2) is 0 Å². The lowest BCUT2D eigenvalue weighted by Crippen LogP contribution is -2.29. The van der Waals surface area contributed by atoms with Gasteiger partial charge in [0.2, 0.25) is 0 Å². The van der Waals surface area contributed by atoms with E-state index in [2.05, 4.69) is 29.0 Å². The molecule has 1 aliphatic rings. The number of nitrogens with one attached hydrogen (secondary N) is 1. The Balaban J connectivity index is 2.39. The Morgan fingerprint density at radius 3 is 2.94 bits per heavy atom. The number of anilines is 1. The molecule has 0 aliphatic carbocycles. The molecule has 3 nitrogen and oxygen atoms in total. The lowest BCUT2D eigenvalue weighted by atomic mass is 10.1. The van der Waals surface area contributed by atoms with Gasteiger partial charge in [-0.1, -0.05) is 11.6 Å². The predicted molar refractivity (Wildman–Crippen MR) is 68.2 cm³/mol. The molecule has 16 heavy (non-hydrogen) atoms. The van der Waals surface area contributed by atoms with Crippen molar-refractivity contribution in [3.63, 3.8) is 0 Å². The van der Waals surface area contributed by atoms with Gasteiger partial charge in [-0.15, -0.1) is 0 Å². The van der Waals surface area contributed by atoms with Crippen LogP contribution in [0.5, 0.6) is 0 Å². The summed E-state index contributed by atoms with van der Waals surface area (Å²) in [5, 5.41) is 4.08. The van der Waals surface area contributed by atoms with Crippen molar-refractivity contribution >= 4 is 17.4 Å². The SMILES string of the molecule is CC(C)N(C)c1nc2c(cc1Cl)CNCC2. The second kappa shape index (κ2) is 4.60. The van der Waals surface area contributed by atoms with E-state index < -0.39 is 0 Å². The summed E-state index contributed by atoms with van der Waals surface area (Å²) in [5.74, 6) is 0.900. The van der Waals surface area contributed by atoms with Crippen LogP contribution < -0.4 is 10.2 Å². The monoisotopic (exact) mass is 239 g/mol. The highest BCUT2D eigenvalue weighted by Gasteiger charge is 2.17. The van der Waals surface area contributed by atoms with Crippen LogP contribution in [-0.2, 0) is 13.0 Å². The maximum absolute atomic E-state index is 6.27. The number of fused-ring (bicyclic) bond motifs is 1. The van der Waals surface area contributed by atoms with Crippen molar-refractivity contribution in [2.75, 3.05) is 18.5 Å². The topological polar surface area (TPSA) is 28.2 Å². The predicted octanol–water partition coefficient (Wildman–Crippen LogP) is 2.23. The van der Waals surface area contributed by atoms with Crippen LogP contribution in [0.2, 0.25) is 5.02 Å². The van der Waals surface area contributed by atoms with Crippen LogP contribution in [0, 0.1) is 0 Å². The van der Waals surface area contributed by atoms with Crippen molar-refractivity contribution < 1.29 is 0 Å². The number of halogens is 1. The second-order valence-corrected chi connectivity index (χ2v) is 4.94. The fourth-order valence-corrected chi connectivity index (χ4v) is 2.15. The Morgan fingerprint density at radius 2 is 2.25 bits per heavy atom. The molecule has 0 radical (unpaired) electrons. The summed E-state index contributed by atoms with van der Waals surface area (Å²) < 4.78 is 0. The molecule has 1 N–H and O–H groups in total. The van der Waals surface area contributed by atoms with Gasteiger partial charge in [0, 0.05) is 38.3 Å². The molecular weight excluding hydrogens is 222 g/mol. The Bertz CT molecular complexity index is 390. The number of pyridine rings is 1. The van der Waals surface area contributed by atoms with E-state index in [0.717, 1.165) is 30.4 Å². The molecule has 2 heterocycles. The zero-order chi connectivity index (χ0) is 11.7. The highest BCUT2D eigenvalue weighted by Crippen LogP contribution is 2.27. The molecule has 1 aromatic rings. The summed E-state index contributed by atoms with van der Waals surface area (Å²) in [5.41, 5.74) is 2.42. The zero-order valence-corrected chi connectivity index (χ0v) is 10.8. The molecule has 0 unspecified atom stereocenters. The number of rotatable bonds is 2. The molecular formula is C12H18ClN3. The Kier molecular flexibility index (Phi) is 3.36. The van der Waals surface area contributed by atoms with E-state index in [1.54, 1.807) is 0 Å². The highest BCUT2D eigenvalue weighted by molar-refractivity contribution is 6.33. The normalized spacial score (nSPS) is 15.1. The summed E-state index contributed by atoms with van der Waals surface area (Å²) in [6.07, 6.45) is 0.992. The summed E-state index contributed by atoms with van der Waals surface area (Å²) in [7, 11) is 2.03. The Labute approximate surface area is 102 Å². The maximum Gasteiger partial charge on any atom is 0.147 e. The molecule has 0 atom stereocenters. The third-order valence-corrected chi connectivity index (χ3v) is 3.37. The molecule has 0 bridgehead atoms. The molecule has 0 amide bonds. The van der Waals surface area contributed by atoms with Crippen LogP contribution in [0.15, 0.2) is 6.07 Å². The lowest BCUT2D eigenvalue weighted by molar-refractivity contribution is 0.627. The van der Waals surface area contributed by atoms with Gasteiger partial charge in [0.05, 0.1) is 5.02 Å². The van der Waals surface area contributed by atoms with Gasteiger partial charge in [-0.25, -0.2) is 4.98 Å². The van der Waals surface area contributed by atoms with Gasteiger partial charge in [-0.3, -0.25) is 0 Å². The molecule has 4 heteroatoms. The van der Waals surface area contributed by atoms with Crippen LogP contribution in [0.3, 0.4) is 0 Å². The van der Waals surface area contributed by atoms with Crippen LogP contribution in [0.1, 0.15) is 25.1 Å². The Hall–Kier alpha value is -0.800. The van der Waals surface area contributed by atoms with Crippen molar-refractivity contribution in [1.29, 1.82) is 0 Å². The van der Waals surface area contributed by atoms with Gasteiger partial charge in [-0.05, 0) is 25.5 Å². The van der Waals surface area contributed by atoms with E-state index >= 15 is 0 Å². The van der Waals surface area contributed by atoms with Crippen molar-refractivity contribution in [3.05, 3.63) is 22.3 Å². The van der Waals surface area contributed by atoms with Crippen molar-refractivity contribution in [3.8, 4) is 0 Å². The number of hydrogen-bond donors (Lipinski definition) is 1. The van der Waals surface area contributed by atoms with Crippen molar-refractivity contribution in [2.45, 2.75) is 32.9 Å². The zero-order valence-electron chi connectivity index (χ0n) is 10.0. The summed E-state index contributed by atoms with van der Waals surface area (Å²) in [4.78, 5) is 6.80. The van der Waals surface area contributed by atoms with E-state index in [9.17, 15) is 0 Å². The largest absolute Gasteiger partial charge is 0.356 e. The molecule has 2 rings (SSSR count). The average Bonchev–Trinajstić information content (AvgIpc) is 2.27. The first-order valence-electron chi connectivity index (χ1n) is 5.71. The first-order chi connectivity index (χ1) is 7.59. The van der Waals surface area contributed by atoms with Crippen LogP contribution in [0.4, 0.5) is 5.82 Å². The fourth-order valence-electron chi connectivity index (χ4n) is 1.85. The van der Waals surface area contributed by atoms with Crippen molar-refractivity contribution in [2.24, 2.45) is 0 Å². The molecule has 0 saturated heterocycles. The lowest BCUT2D eigenvalue weighted by Gasteiger charge is -2.26. The summed E-state index contributed by atoms with van der Waals surface area (Å²) >= 11 is 6.27. The minimum absolute atomic E-state index is 0.407. The van der Waals surface area contributed by atoms with E-state index in [4.69, 9.17) is 11.6 Å². The molecule has 0 aromatic carbocycles. The summed E-state index contributed by atoms with van der Waals surface area (Å²) in [6.45, 7) is 6.16. The van der Waals surface area contributed by atoms with Gasteiger partial charge in [0.1, 0.15) is 5.82 Å². The number of hydrogen-bond acceptors (Lipinski definition) is 3. The van der Waals surface area contributed by atoms with Crippen LogP contribution in [0.25, 0.3) is 0 Å². The highest BCUT2D eigenvalue weighted by atomic mass is 35.5. The quantitative estimate of drug-likeness (QED) is 0.858. The second-order valence-electron chi connectivity index (χ2n) is 4.53. The minimum Gasteiger partial charge on any atom is -0.356 e. The molecule has 1 aromatic heterocycles. The van der Waals surface area contributed by atoms with Crippen LogP contribution in [-0.4, -0.2) is 24.6 Å². The molecule has 0 saturated carbocycles. The van der Waals surface area contributed by atoms with Crippen LogP contribution >= 0.6 is 11.6 Å². The molecule has 88 valence electrons. The Morgan fingerprint density at radius 1 is 1.50 bits per heavy atom. The first-order valence-corrected chi connectivity index (χ1v) is 6.09. The number of nitrogens with zero attached hydrogens (tertiary/aromatic N) is 2. The van der Waals surface area contributed by atoms with Crippen molar-refractivity contribution in [1.82, 2.24) is 10.3 Å². The van der Waals surface area contributed by atoms with E-state index in [-0.39, 0.29) is 0 Å². The minimum atomic E-state index is 0.407. The third kappa shape index (κ3) is 2.15. The van der Waals surface area contributed by atoms with Gasteiger partial charge < -0.3 is 10.2 Å². The third-order valence-electron chi connectivity index (χ3n) is 3.09. The van der Waals surface area contributed by atoms with Gasteiger partial charge in [0.25, 0.3) is 0 Å².